The molecule has 0 aliphatic heterocycles. The van der Waals surface area contributed by atoms with Crippen LogP contribution in [0.15, 0.2) is 24.3 Å². The van der Waals surface area contributed by atoms with Crippen LogP contribution in [-0.4, -0.2) is 10.4 Å². The summed E-state index contributed by atoms with van der Waals surface area (Å²) in [4.78, 5) is 4.45. The Bertz CT molecular complexity index is 337. The van der Waals surface area contributed by atoms with Crippen molar-refractivity contribution in [2.24, 2.45) is 0 Å². The quantitative estimate of drug-likeness (QED) is 0.595. The molecule has 3 heteroatoms. The molecular formula is C12H18O3. The molecule has 1 aromatic carbocycles. The van der Waals surface area contributed by atoms with E-state index in [-0.39, 0.29) is 0 Å². The average Bonchev–Trinajstić information content (AvgIpc) is 2.16. The Hall–Kier alpha value is -0.900. The zero-order chi connectivity index (χ0) is 11.7. The summed E-state index contributed by atoms with van der Waals surface area (Å²) in [5, 5.41) is 18.8. The second kappa shape index (κ2) is 3.93. The smallest absolute Gasteiger partial charge is 0.123 e. The first-order valence-corrected chi connectivity index (χ1v) is 4.94. The van der Waals surface area contributed by atoms with Crippen LogP contribution in [0.1, 0.15) is 38.8 Å². The third kappa shape index (κ3) is 2.56. The number of hydrogen-bond donors (Lipinski definition) is 2. The van der Waals surface area contributed by atoms with Crippen LogP contribution in [0.3, 0.4) is 0 Å². The topological polar surface area (TPSA) is 49.7 Å². The Kier molecular flexibility index (Phi) is 3.19. The molecule has 84 valence electrons. The fourth-order valence-electron chi connectivity index (χ4n) is 1.59. The van der Waals surface area contributed by atoms with Crippen molar-refractivity contribution in [1.82, 2.24) is 0 Å². The van der Waals surface area contributed by atoms with Crippen molar-refractivity contribution in [2.45, 2.75) is 38.9 Å². The number of rotatable bonds is 3. The van der Waals surface area contributed by atoms with Crippen LogP contribution in [-0.2, 0) is 16.1 Å². The summed E-state index contributed by atoms with van der Waals surface area (Å²) in [6.45, 7) is 6.91. The minimum atomic E-state index is -0.952. The summed E-state index contributed by atoms with van der Waals surface area (Å²) in [5.74, 6) is 0. The molecule has 15 heavy (non-hydrogen) atoms. The first-order valence-electron chi connectivity index (χ1n) is 4.94. The molecule has 0 aliphatic rings. The Morgan fingerprint density at radius 3 is 1.87 bits per heavy atom. The first kappa shape index (κ1) is 12.2. The average molecular weight is 210 g/mol. The van der Waals surface area contributed by atoms with Gasteiger partial charge in [0.25, 0.3) is 0 Å². The second-order valence-electron chi connectivity index (χ2n) is 4.71. The van der Waals surface area contributed by atoms with Crippen LogP contribution in [0.5, 0.6) is 0 Å². The maximum absolute atomic E-state index is 9.99. The van der Waals surface area contributed by atoms with Crippen LogP contribution in [0.2, 0.25) is 0 Å². The van der Waals surface area contributed by atoms with Crippen molar-refractivity contribution < 1.29 is 15.3 Å². The van der Waals surface area contributed by atoms with Gasteiger partial charge in [0.1, 0.15) is 5.60 Å². The second-order valence-corrected chi connectivity index (χ2v) is 4.71. The molecule has 0 bridgehead atoms. The number of aliphatic hydroxyl groups is 1. The normalized spacial score (nSPS) is 12.9. The molecule has 0 aromatic heterocycles. The van der Waals surface area contributed by atoms with E-state index in [2.05, 4.69) is 4.89 Å². The highest BCUT2D eigenvalue weighted by Gasteiger charge is 2.29. The Balaban J connectivity index is 3.31. The van der Waals surface area contributed by atoms with E-state index < -0.39 is 11.2 Å². The van der Waals surface area contributed by atoms with Crippen molar-refractivity contribution in [3.63, 3.8) is 0 Å². The SMILES string of the molecule is CC(C)(O)c1ccccc1C(C)(C)OO. The minimum Gasteiger partial charge on any atom is -0.386 e. The van der Waals surface area contributed by atoms with E-state index >= 15 is 0 Å². The molecule has 0 fully saturated rings. The predicted octanol–water partition coefficient (Wildman–Crippen LogP) is 2.64. The van der Waals surface area contributed by atoms with Crippen LogP contribution < -0.4 is 0 Å². The molecule has 0 spiro atoms. The molecule has 0 atom stereocenters. The third-order valence-corrected chi connectivity index (χ3v) is 2.46. The lowest BCUT2D eigenvalue weighted by atomic mass is 9.86. The summed E-state index contributed by atoms with van der Waals surface area (Å²) in [6.07, 6.45) is 0. The standard InChI is InChI=1S/C12H18O3/c1-11(2,13)9-7-5-6-8-10(9)12(3,4)15-14/h5-8,13-14H,1-4H3. The molecule has 0 amide bonds. The van der Waals surface area contributed by atoms with Gasteiger partial charge in [-0.15, -0.1) is 0 Å². The van der Waals surface area contributed by atoms with Gasteiger partial charge in [-0.25, -0.2) is 4.89 Å². The summed E-state index contributed by atoms with van der Waals surface area (Å²) in [7, 11) is 0. The van der Waals surface area contributed by atoms with E-state index in [4.69, 9.17) is 5.26 Å². The van der Waals surface area contributed by atoms with Gasteiger partial charge in [-0.05, 0) is 38.8 Å². The highest BCUT2D eigenvalue weighted by Crippen LogP contribution is 2.32. The molecule has 0 heterocycles. The molecule has 0 saturated carbocycles. The monoisotopic (exact) mass is 210 g/mol. The first-order chi connectivity index (χ1) is 6.79. The van der Waals surface area contributed by atoms with Gasteiger partial charge in [-0.1, -0.05) is 24.3 Å². The zero-order valence-electron chi connectivity index (χ0n) is 9.61. The van der Waals surface area contributed by atoms with Crippen molar-refractivity contribution >= 4 is 0 Å². The van der Waals surface area contributed by atoms with Gasteiger partial charge in [-0.3, -0.25) is 5.26 Å². The van der Waals surface area contributed by atoms with Gasteiger partial charge in [0.05, 0.1) is 5.60 Å². The van der Waals surface area contributed by atoms with Gasteiger partial charge in [-0.2, -0.15) is 0 Å². The van der Waals surface area contributed by atoms with E-state index in [0.29, 0.717) is 0 Å². The molecule has 0 radical (unpaired) electrons. The molecular weight excluding hydrogens is 192 g/mol. The molecule has 1 rings (SSSR count). The summed E-state index contributed by atoms with van der Waals surface area (Å²) < 4.78 is 0. The van der Waals surface area contributed by atoms with Gasteiger partial charge >= 0.3 is 0 Å². The van der Waals surface area contributed by atoms with Crippen molar-refractivity contribution in [3.8, 4) is 0 Å². The molecule has 1 aromatic rings. The molecule has 0 unspecified atom stereocenters. The molecule has 0 aliphatic carbocycles. The Labute approximate surface area is 90.3 Å². The zero-order valence-corrected chi connectivity index (χ0v) is 9.61. The van der Waals surface area contributed by atoms with E-state index in [1.807, 2.05) is 24.3 Å². The Morgan fingerprint density at radius 2 is 1.47 bits per heavy atom. The van der Waals surface area contributed by atoms with Gasteiger partial charge in [0.2, 0.25) is 0 Å². The lowest BCUT2D eigenvalue weighted by Crippen LogP contribution is -2.27. The van der Waals surface area contributed by atoms with Crippen molar-refractivity contribution in [2.75, 3.05) is 0 Å². The fourth-order valence-corrected chi connectivity index (χ4v) is 1.59. The predicted molar refractivity (Wildman–Crippen MR) is 58.4 cm³/mol. The summed E-state index contributed by atoms with van der Waals surface area (Å²) >= 11 is 0. The lowest BCUT2D eigenvalue weighted by molar-refractivity contribution is -0.318. The summed E-state index contributed by atoms with van der Waals surface area (Å²) in [6, 6.07) is 7.37. The lowest BCUT2D eigenvalue weighted by Gasteiger charge is -2.29. The van der Waals surface area contributed by atoms with E-state index in [9.17, 15) is 5.11 Å². The van der Waals surface area contributed by atoms with E-state index in [1.54, 1.807) is 27.7 Å². The van der Waals surface area contributed by atoms with Gasteiger partial charge < -0.3 is 5.11 Å². The van der Waals surface area contributed by atoms with Crippen LogP contribution in [0, 0.1) is 0 Å². The maximum atomic E-state index is 9.99. The van der Waals surface area contributed by atoms with Crippen LogP contribution in [0.25, 0.3) is 0 Å². The van der Waals surface area contributed by atoms with Crippen molar-refractivity contribution in [3.05, 3.63) is 35.4 Å². The minimum absolute atomic E-state index is 0.754. The molecule has 2 N–H and O–H groups in total. The maximum Gasteiger partial charge on any atom is 0.123 e. The third-order valence-electron chi connectivity index (χ3n) is 2.46. The largest absolute Gasteiger partial charge is 0.386 e. The van der Waals surface area contributed by atoms with Gasteiger partial charge in [0, 0.05) is 0 Å². The number of benzene rings is 1. The fraction of sp³-hybridized carbons (Fsp3) is 0.500. The van der Waals surface area contributed by atoms with E-state index in [1.165, 1.54) is 0 Å². The Morgan fingerprint density at radius 1 is 1.00 bits per heavy atom. The van der Waals surface area contributed by atoms with Crippen molar-refractivity contribution in [1.29, 1.82) is 0 Å². The number of hydrogen-bond acceptors (Lipinski definition) is 3. The van der Waals surface area contributed by atoms with Crippen LogP contribution in [0.4, 0.5) is 0 Å². The van der Waals surface area contributed by atoms with Gasteiger partial charge in [0.15, 0.2) is 0 Å². The highest BCUT2D eigenvalue weighted by molar-refractivity contribution is 5.35. The van der Waals surface area contributed by atoms with Crippen LogP contribution >= 0.6 is 0 Å². The highest BCUT2D eigenvalue weighted by atomic mass is 17.1. The van der Waals surface area contributed by atoms with E-state index in [0.717, 1.165) is 11.1 Å². The molecule has 3 nitrogen and oxygen atoms in total. The molecule has 0 saturated heterocycles. The summed E-state index contributed by atoms with van der Waals surface area (Å²) in [5.41, 5.74) is -0.243.